The highest BCUT2D eigenvalue weighted by atomic mass is 16.5. The third-order valence-electron chi connectivity index (χ3n) is 4.93. The SMILES string of the molecule is COc1ccc(C(=O)N2CC(=O)N(C3CCC3)CC(O)C2)c(OC)c1. The maximum atomic E-state index is 12.9. The minimum atomic E-state index is -0.750. The van der Waals surface area contributed by atoms with E-state index in [-0.39, 0.29) is 37.5 Å². The van der Waals surface area contributed by atoms with Crippen LogP contribution in [0.1, 0.15) is 29.6 Å². The number of nitrogens with zero attached hydrogens (tertiary/aromatic N) is 2. The molecule has 0 radical (unpaired) electrons. The number of amides is 2. The van der Waals surface area contributed by atoms with Crippen LogP contribution in [0.15, 0.2) is 18.2 Å². The molecule has 7 nitrogen and oxygen atoms in total. The summed E-state index contributed by atoms with van der Waals surface area (Å²) in [6.07, 6.45) is 2.30. The second kappa shape index (κ2) is 7.31. The molecule has 0 spiro atoms. The molecule has 136 valence electrons. The quantitative estimate of drug-likeness (QED) is 0.875. The third kappa shape index (κ3) is 3.56. The Morgan fingerprint density at radius 1 is 1.20 bits per heavy atom. The molecule has 0 bridgehead atoms. The minimum absolute atomic E-state index is 0.0262. The molecule has 25 heavy (non-hydrogen) atoms. The molecular weight excluding hydrogens is 324 g/mol. The van der Waals surface area contributed by atoms with E-state index in [0.29, 0.717) is 17.1 Å². The summed E-state index contributed by atoms with van der Waals surface area (Å²) in [5.41, 5.74) is 0.348. The number of aliphatic hydroxyl groups is 1. The van der Waals surface area contributed by atoms with Crippen molar-refractivity contribution in [2.24, 2.45) is 0 Å². The van der Waals surface area contributed by atoms with Gasteiger partial charge in [-0.3, -0.25) is 9.59 Å². The van der Waals surface area contributed by atoms with Gasteiger partial charge in [0.05, 0.1) is 25.9 Å². The molecule has 1 saturated carbocycles. The maximum absolute atomic E-state index is 12.9. The van der Waals surface area contributed by atoms with Crippen LogP contribution < -0.4 is 9.47 Å². The number of aliphatic hydroxyl groups excluding tert-OH is 1. The first-order valence-corrected chi connectivity index (χ1v) is 8.52. The van der Waals surface area contributed by atoms with Gasteiger partial charge in [0.25, 0.3) is 5.91 Å². The van der Waals surface area contributed by atoms with Crippen molar-refractivity contribution in [1.82, 2.24) is 9.80 Å². The van der Waals surface area contributed by atoms with Crippen LogP contribution in [0.25, 0.3) is 0 Å². The van der Waals surface area contributed by atoms with E-state index >= 15 is 0 Å². The molecule has 1 aromatic rings. The maximum Gasteiger partial charge on any atom is 0.258 e. The Bertz CT molecular complexity index is 659. The normalized spacial score (nSPS) is 21.6. The zero-order chi connectivity index (χ0) is 18.0. The van der Waals surface area contributed by atoms with Gasteiger partial charge in [0.2, 0.25) is 5.91 Å². The van der Waals surface area contributed by atoms with Crippen LogP contribution in [-0.2, 0) is 4.79 Å². The monoisotopic (exact) mass is 348 g/mol. The number of ether oxygens (including phenoxy) is 2. The Hall–Kier alpha value is -2.28. The lowest BCUT2D eigenvalue weighted by atomic mass is 9.91. The van der Waals surface area contributed by atoms with Gasteiger partial charge in [-0.05, 0) is 31.4 Å². The van der Waals surface area contributed by atoms with Crippen LogP contribution in [0.4, 0.5) is 0 Å². The van der Waals surface area contributed by atoms with Crippen LogP contribution in [0, 0.1) is 0 Å². The number of benzene rings is 1. The van der Waals surface area contributed by atoms with Crippen molar-refractivity contribution in [3.8, 4) is 11.5 Å². The Kier molecular flexibility index (Phi) is 5.13. The average molecular weight is 348 g/mol. The molecule has 1 aromatic carbocycles. The van der Waals surface area contributed by atoms with Crippen LogP contribution >= 0.6 is 0 Å². The van der Waals surface area contributed by atoms with E-state index in [1.807, 2.05) is 0 Å². The van der Waals surface area contributed by atoms with Gasteiger partial charge in [-0.2, -0.15) is 0 Å². The van der Waals surface area contributed by atoms with Crippen molar-refractivity contribution >= 4 is 11.8 Å². The van der Waals surface area contributed by atoms with E-state index in [4.69, 9.17) is 9.47 Å². The van der Waals surface area contributed by atoms with Gasteiger partial charge in [0.15, 0.2) is 0 Å². The number of rotatable bonds is 4. The molecule has 1 aliphatic heterocycles. The Labute approximate surface area is 147 Å². The fraction of sp³-hybridized carbons (Fsp3) is 0.556. The molecule has 2 amide bonds. The first-order valence-electron chi connectivity index (χ1n) is 8.52. The van der Waals surface area contributed by atoms with Gasteiger partial charge in [0, 0.05) is 25.2 Å². The van der Waals surface area contributed by atoms with Crippen LogP contribution in [0.5, 0.6) is 11.5 Å². The lowest BCUT2D eigenvalue weighted by Gasteiger charge is -2.37. The van der Waals surface area contributed by atoms with Gasteiger partial charge >= 0.3 is 0 Å². The smallest absolute Gasteiger partial charge is 0.258 e. The molecule has 1 unspecified atom stereocenters. The lowest BCUT2D eigenvalue weighted by molar-refractivity contribution is -0.135. The summed E-state index contributed by atoms with van der Waals surface area (Å²) in [6, 6.07) is 5.12. The molecule has 1 atom stereocenters. The Balaban J connectivity index is 1.80. The number of carbonyl (C=O) groups is 2. The Morgan fingerprint density at radius 3 is 2.56 bits per heavy atom. The summed E-state index contributed by atoms with van der Waals surface area (Å²) < 4.78 is 10.4. The summed E-state index contributed by atoms with van der Waals surface area (Å²) in [7, 11) is 3.02. The van der Waals surface area contributed by atoms with E-state index in [2.05, 4.69) is 0 Å². The fourth-order valence-corrected chi connectivity index (χ4v) is 3.31. The highest BCUT2D eigenvalue weighted by molar-refractivity contribution is 5.99. The number of hydrogen-bond acceptors (Lipinski definition) is 5. The molecule has 0 aromatic heterocycles. The van der Waals surface area contributed by atoms with Crippen molar-refractivity contribution in [2.75, 3.05) is 33.9 Å². The van der Waals surface area contributed by atoms with Gasteiger partial charge in [0.1, 0.15) is 18.0 Å². The second-order valence-corrected chi connectivity index (χ2v) is 6.54. The van der Waals surface area contributed by atoms with Crippen LogP contribution in [-0.4, -0.2) is 72.7 Å². The predicted molar refractivity (Wildman–Crippen MR) is 90.8 cm³/mol. The summed E-state index contributed by atoms with van der Waals surface area (Å²) in [5.74, 6) is 0.521. The second-order valence-electron chi connectivity index (χ2n) is 6.54. The van der Waals surface area contributed by atoms with Crippen molar-refractivity contribution < 1.29 is 24.2 Å². The number of carbonyl (C=O) groups excluding carboxylic acids is 2. The van der Waals surface area contributed by atoms with E-state index in [1.165, 1.54) is 19.1 Å². The fourth-order valence-electron chi connectivity index (χ4n) is 3.31. The number of β-amino-alcohol motifs (C(OH)–C–C–N with tert-alkyl or cyclic N) is 1. The number of methoxy groups -OCH3 is 2. The van der Waals surface area contributed by atoms with E-state index in [0.717, 1.165) is 19.3 Å². The topological polar surface area (TPSA) is 79.3 Å². The molecule has 7 heteroatoms. The van der Waals surface area contributed by atoms with Crippen LogP contribution in [0.2, 0.25) is 0 Å². The minimum Gasteiger partial charge on any atom is -0.497 e. The third-order valence-corrected chi connectivity index (χ3v) is 4.93. The zero-order valence-electron chi connectivity index (χ0n) is 14.6. The van der Waals surface area contributed by atoms with E-state index in [1.54, 1.807) is 23.1 Å². The summed E-state index contributed by atoms with van der Waals surface area (Å²) in [6.45, 7) is 0.386. The van der Waals surface area contributed by atoms with Crippen molar-refractivity contribution in [3.05, 3.63) is 23.8 Å². The average Bonchev–Trinajstić information content (AvgIpc) is 2.71. The molecular formula is C18H24N2O5. The zero-order valence-corrected chi connectivity index (χ0v) is 14.6. The molecule has 1 N–H and O–H groups in total. The molecule has 1 saturated heterocycles. The van der Waals surface area contributed by atoms with Gasteiger partial charge in [-0.15, -0.1) is 0 Å². The highest BCUT2D eigenvalue weighted by Crippen LogP contribution is 2.28. The van der Waals surface area contributed by atoms with E-state index in [9.17, 15) is 14.7 Å². The predicted octanol–water partition coefficient (Wildman–Crippen LogP) is 0.902. The van der Waals surface area contributed by atoms with Crippen molar-refractivity contribution in [2.45, 2.75) is 31.4 Å². The Morgan fingerprint density at radius 2 is 1.96 bits per heavy atom. The molecule has 2 aliphatic rings. The summed E-state index contributed by atoms with van der Waals surface area (Å²) >= 11 is 0. The summed E-state index contributed by atoms with van der Waals surface area (Å²) in [5, 5.41) is 10.3. The largest absolute Gasteiger partial charge is 0.497 e. The number of hydrogen-bond donors (Lipinski definition) is 1. The molecule has 1 heterocycles. The standard InChI is InChI=1S/C18H24N2O5/c1-24-14-6-7-15(16(8-14)25-2)18(23)19-9-13(21)10-20(17(22)11-19)12-4-3-5-12/h6-8,12-13,21H,3-5,9-11H2,1-2H3. The molecule has 2 fully saturated rings. The van der Waals surface area contributed by atoms with Gasteiger partial charge < -0.3 is 24.4 Å². The van der Waals surface area contributed by atoms with Crippen LogP contribution in [0.3, 0.4) is 0 Å². The van der Waals surface area contributed by atoms with Gasteiger partial charge in [-0.1, -0.05) is 0 Å². The highest BCUT2D eigenvalue weighted by Gasteiger charge is 2.36. The molecule has 1 aliphatic carbocycles. The summed E-state index contributed by atoms with van der Waals surface area (Å²) in [4.78, 5) is 28.6. The first-order chi connectivity index (χ1) is 12.0. The lowest BCUT2D eigenvalue weighted by Crippen LogP contribution is -2.47. The van der Waals surface area contributed by atoms with Crippen molar-refractivity contribution in [1.29, 1.82) is 0 Å². The molecule has 3 rings (SSSR count). The van der Waals surface area contributed by atoms with E-state index < -0.39 is 6.10 Å². The first kappa shape index (κ1) is 17.5. The van der Waals surface area contributed by atoms with Gasteiger partial charge in [-0.25, -0.2) is 0 Å². The van der Waals surface area contributed by atoms with Crippen molar-refractivity contribution in [3.63, 3.8) is 0 Å².